The number of nitrogens with zero attached hydrogens (tertiary/aromatic N) is 3. The first-order valence-electron chi connectivity index (χ1n) is 11.3. The maximum Gasteiger partial charge on any atom is 0.283 e. The van der Waals surface area contributed by atoms with Gasteiger partial charge in [0.25, 0.3) is 5.91 Å². The fourth-order valence-corrected chi connectivity index (χ4v) is 5.42. The molecule has 5 rings (SSSR count). The van der Waals surface area contributed by atoms with E-state index in [9.17, 15) is 4.79 Å². The summed E-state index contributed by atoms with van der Waals surface area (Å²) in [5, 5.41) is 16.0. The van der Waals surface area contributed by atoms with Gasteiger partial charge < -0.3 is 14.2 Å². The Labute approximate surface area is 242 Å². The minimum atomic E-state index is -0.512. The van der Waals surface area contributed by atoms with Crippen LogP contribution in [-0.2, 0) is 11.4 Å². The quantitative estimate of drug-likeness (QED) is 0.228. The maximum atomic E-state index is 12.8. The molecule has 8 nitrogen and oxygen atoms in total. The van der Waals surface area contributed by atoms with Gasteiger partial charge in [-0.15, -0.1) is 0 Å². The third-order valence-corrected chi connectivity index (χ3v) is 7.55. The first-order chi connectivity index (χ1) is 18.4. The standard InChI is InChI=1S/C27H20ClIN4O4S/c1-35-22-13-16(12-21(29)24(22)37-14-17-7-5-6-10-20(17)28)11-19-25(30)33-27(31-26(19)34)38-23(32-33)15-36-18-8-3-2-4-9-18/h2-13,30H,14-15H2,1H3/b19-11-,30-25?. The lowest BCUT2D eigenvalue weighted by Crippen LogP contribution is -2.35. The van der Waals surface area contributed by atoms with Crippen LogP contribution in [0.5, 0.6) is 17.2 Å². The highest BCUT2D eigenvalue weighted by molar-refractivity contribution is 14.1. The number of hydrazone groups is 1. The Kier molecular flexibility index (Phi) is 8.01. The number of ether oxygens (including phenoxy) is 3. The van der Waals surface area contributed by atoms with Gasteiger partial charge in [-0.3, -0.25) is 10.2 Å². The summed E-state index contributed by atoms with van der Waals surface area (Å²) in [5.41, 5.74) is 1.63. The number of amides is 1. The van der Waals surface area contributed by atoms with E-state index in [1.165, 1.54) is 16.8 Å². The molecule has 0 saturated carbocycles. The van der Waals surface area contributed by atoms with Crippen LogP contribution in [-0.4, -0.2) is 40.7 Å². The van der Waals surface area contributed by atoms with Gasteiger partial charge in [0.1, 0.15) is 24.0 Å². The number of carbonyl (C=O) groups is 1. The molecule has 2 aliphatic heterocycles. The number of amidine groups is 2. The Morgan fingerprint density at radius 1 is 1.08 bits per heavy atom. The first kappa shape index (κ1) is 26.3. The summed E-state index contributed by atoms with van der Waals surface area (Å²) < 4.78 is 18.1. The zero-order valence-electron chi connectivity index (χ0n) is 20.0. The number of rotatable bonds is 8. The molecule has 0 spiro atoms. The third-order valence-electron chi connectivity index (χ3n) is 5.49. The van der Waals surface area contributed by atoms with Gasteiger partial charge in [-0.05, 0) is 76.3 Å². The molecule has 0 aromatic heterocycles. The van der Waals surface area contributed by atoms with E-state index in [1.807, 2.05) is 60.7 Å². The van der Waals surface area contributed by atoms with Gasteiger partial charge in [-0.25, -0.2) is 0 Å². The van der Waals surface area contributed by atoms with Gasteiger partial charge >= 0.3 is 0 Å². The summed E-state index contributed by atoms with van der Waals surface area (Å²) in [4.78, 5) is 17.0. The summed E-state index contributed by atoms with van der Waals surface area (Å²) in [6, 6.07) is 20.4. The second kappa shape index (κ2) is 11.6. The monoisotopic (exact) mass is 658 g/mol. The third kappa shape index (κ3) is 5.71. The van der Waals surface area contributed by atoms with E-state index in [-0.39, 0.29) is 24.6 Å². The minimum Gasteiger partial charge on any atom is -0.493 e. The lowest BCUT2D eigenvalue weighted by molar-refractivity contribution is -0.114. The second-order valence-corrected chi connectivity index (χ2v) is 10.6. The van der Waals surface area contributed by atoms with Crippen molar-refractivity contribution in [2.75, 3.05) is 13.7 Å². The average molecular weight is 659 g/mol. The van der Waals surface area contributed by atoms with Crippen molar-refractivity contribution in [1.29, 1.82) is 5.41 Å². The maximum absolute atomic E-state index is 12.8. The highest BCUT2D eigenvalue weighted by atomic mass is 127. The molecule has 1 N–H and O–H groups in total. The van der Waals surface area contributed by atoms with Gasteiger partial charge in [0, 0.05) is 10.6 Å². The number of halogens is 2. The van der Waals surface area contributed by atoms with Crippen molar-refractivity contribution in [3.63, 3.8) is 0 Å². The largest absolute Gasteiger partial charge is 0.493 e. The fraction of sp³-hybridized carbons (Fsp3) is 0.111. The smallest absolute Gasteiger partial charge is 0.283 e. The van der Waals surface area contributed by atoms with Crippen LogP contribution < -0.4 is 14.2 Å². The molecule has 1 amide bonds. The van der Waals surface area contributed by atoms with Gasteiger partial charge in [0.2, 0.25) is 5.17 Å². The number of nitrogens with one attached hydrogen (secondary N) is 1. The van der Waals surface area contributed by atoms with Crippen LogP contribution in [0, 0.1) is 8.98 Å². The van der Waals surface area contributed by atoms with Crippen molar-refractivity contribution in [3.05, 3.63) is 92.0 Å². The van der Waals surface area contributed by atoms with Crippen molar-refractivity contribution in [2.24, 2.45) is 10.1 Å². The van der Waals surface area contributed by atoms with Crippen molar-refractivity contribution in [3.8, 4) is 17.2 Å². The van der Waals surface area contributed by atoms with E-state index < -0.39 is 5.91 Å². The normalized spacial score (nSPS) is 15.8. The van der Waals surface area contributed by atoms with Crippen LogP contribution in [0.1, 0.15) is 11.1 Å². The molecule has 0 fully saturated rings. The number of aliphatic imine (C=N–C) groups is 1. The fourth-order valence-electron chi connectivity index (χ4n) is 3.65. The summed E-state index contributed by atoms with van der Waals surface area (Å²) >= 11 is 9.61. The molecule has 38 heavy (non-hydrogen) atoms. The van der Waals surface area contributed by atoms with E-state index >= 15 is 0 Å². The van der Waals surface area contributed by atoms with Gasteiger partial charge in [-0.2, -0.15) is 15.1 Å². The van der Waals surface area contributed by atoms with Crippen LogP contribution in [0.4, 0.5) is 0 Å². The number of thioether (sulfide) groups is 1. The molecule has 11 heteroatoms. The van der Waals surface area contributed by atoms with Crippen molar-refractivity contribution >= 4 is 74.0 Å². The van der Waals surface area contributed by atoms with Gasteiger partial charge in [-0.1, -0.05) is 48.0 Å². The molecule has 0 atom stereocenters. The van der Waals surface area contributed by atoms with E-state index in [0.717, 1.165) is 9.13 Å². The van der Waals surface area contributed by atoms with Crippen LogP contribution in [0.15, 0.2) is 82.4 Å². The predicted molar refractivity (Wildman–Crippen MR) is 158 cm³/mol. The number of para-hydroxylation sites is 1. The molecule has 2 heterocycles. The Hall–Kier alpha value is -3.35. The molecular formula is C27H20ClIN4O4S. The Bertz CT molecular complexity index is 1510. The Morgan fingerprint density at radius 2 is 1.84 bits per heavy atom. The lowest BCUT2D eigenvalue weighted by Gasteiger charge is -2.20. The highest BCUT2D eigenvalue weighted by Crippen LogP contribution is 2.36. The van der Waals surface area contributed by atoms with Gasteiger partial charge in [0.05, 0.1) is 16.3 Å². The first-order valence-corrected chi connectivity index (χ1v) is 13.6. The molecular weight excluding hydrogens is 639 g/mol. The molecule has 0 saturated heterocycles. The minimum absolute atomic E-state index is 0.0600. The zero-order valence-corrected chi connectivity index (χ0v) is 23.7. The number of carbonyl (C=O) groups excluding carboxylic acids is 1. The zero-order chi connectivity index (χ0) is 26.6. The van der Waals surface area contributed by atoms with E-state index in [2.05, 4.69) is 32.7 Å². The average Bonchev–Trinajstić information content (AvgIpc) is 3.33. The number of hydrogen-bond donors (Lipinski definition) is 1. The van der Waals surface area contributed by atoms with E-state index in [1.54, 1.807) is 19.3 Å². The molecule has 0 unspecified atom stereocenters. The van der Waals surface area contributed by atoms with Crippen LogP contribution >= 0.6 is 46.0 Å². The SMILES string of the molecule is COc1cc(/C=C2/C(=N)N3N=C(COc4ccccc4)SC3=NC2=O)cc(I)c1OCc1ccccc1Cl. The topological polar surface area (TPSA) is 96.6 Å². The summed E-state index contributed by atoms with van der Waals surface area (Å²) in [7, 11) is 1.55. The Morgan fingerprint density at radius 3 is 2.61 bits per heavy atom. The summed E-state index contributed by atoms with van der Waals surface area (Å²) in [5.74, 6) is 1.18. The summed E-state index contributed by atoms with van der Waals surface area (Å²) in [6.07, 6.45) is 1.60. The van der Waals surface area contributed by atoms with E-state index in [0.29, 0.717) is 38.0 Å². The number of benzene rings is 3. The molecule has 0 radical (unpaired) electrons. The van der Waals surface area contributed by atoms with Gasteiger partial charge in [0.15, 0.2) is 17.3 Å². The lowest BCUT2D eigenvalue weighted by atomic mass is 10.1. The molecule has 0 aliphatic carbocycles. The van der Waals surface area contributed by atoms with Crippen LogP contribution in [0.3, 0.4) is 0 Å². The number of fused-ring (bicyclic) bond motifs is 1. The van der Waals surface area contributed by atoms with Crippen molar-refractivity contribution < 1.29 is 19.0 Å². The molecule has 0 bridgehead atoms. The highest BCUT2D eigenvalue weighted by Gasteiger charge is 2.35. The number of methoxy groups -OCH3 is 1. The predicted octanol–water partition coefficient (Wildman–Crippen LogP) is 6.23. The molecule has 3 aromatic carbocycles. The van der Waals surface area contributed by atoms with Crippen molar-refractivity contribution in [1.82, 2.24) is 5.01 Å². The molecule has 2 aliphatic rings. The summed E-state index contributed by atoms with van der Waals surface area (Å²) in [6.45, 7) is 0.476. The Balaban J connectivity index is 1.35. The number of hydrogen-bond acceptors (Lipinski definition) is 7. The van der Waals surface area contributed by atoms with Crippen molar-refractivity contribution in [2.45, 2.75) is 6.61 Å². The van der Waals surface area contributed by atoms with Crippen LogP contribution in [0.25, 0.3) is 6.08 Å². The molecule has 192 valence electrons. The molecule has 3 aromatic rings. The van der Waals surface area contributed by atoms with Crippen LogP contribution in [0.2, 0.25) is 5.02 Å². The van der Waals surface area contributed by atoms with E-state index in [4.69, 9.17) is 31.2 Å². The second-order valence-electron chi connectivity index (χ2n) is 8.03.